The van der Waals surface area contributed by atoms with E-state index < -0.39 is 0 Å². The number of benzene rings is 4. The molecule has 0 spiro atoms. The quantitative estimate of drug-likeness (QED) is 0.566. The Balaban J connectivity index is 2.18. The van der Waals surface area contributed by atoms with Crippen molar-refractivity contribution in [2.75, 3.05) is 7.11 Å². The lowest BCUT2D eigenvalue weighted by molar-refractivity contribution is 0.283. The average molecular weight is 314 g/mol. The van der Waals surface area contributed by atoms with E-state index in [1.807, 2.05) is 30.3 Å². The van der Waals surface area contributed by atoms with Crippen molar-refractivity contribution in [2.24, 2.45) is 0 Å². The molecule has 118 valence electrons. The van der Waals surface area contributed by atoms with Gasteiger partial charge < -0.3 is 9.84 Å². The molecule has 4 aromatic carbocycles. The van der Waals surface area contributed by atoms with Crippen molar-refractivity contribution in [3.8, 4) is 16.9 Å². The van der Waals surface area contributed by atoms with Crippen LogP contribution in [0.25, 0.3) is 32.7 Å². The highest BCUT2D eigenvalue weighted by atomic mass is 16.5. The first-order valence-electron chi connectivity index (χ1n) is 8.01. The number of ether oxygens (including phenoxy) is 1. The minimum atomic E-state index is 0.0153. The van der Waals surface area contributed by atoms with Gasteiger partial charge in [-0.2, -0.15) is 0 Å². The third-order valence-corrected chi connectivity index (χ3v) is 4.54. The molecule has 0 aliphatic heterocycles. The summed E-state index contributed by atoms with van der Waals surface area (Å²) in [5.74, 6) is 0.842. The van der Waals surface area contributed by atoms with Crippen LogP contribution in [0.3, 0.4) is 0 Å². The summed E-state index contributed by atoms with van der Waals surface area (Å²) in [5, 5.41) is 14.3. The minimum Gasteiger partial charge on any atom is -0.496 e. The lowest BCUT2D eigenvalue weighted by Gasteiger charge is -2.16. The second-order valence-corrected chi connectivity index (χ2v) is 5.84. The molecule has 2 nitrogen and oxygen atoms in total. The maximum absolute atomic E-state index is 9.82. The van der Waals surface area contributed by atoms with E-state index in [2.05, 4.69) is 42.5 Å². The molecular weight excluding hydrogens is 296 g/mol. The van der Waals surface area contributed by atoms with Crippen molar-refractivity contribution in [3.63, 3.8) is 0 Å². The van der Waals surface area contributed by atoms with E-state index in [4.69, 9.17) is 4.74 Å². The van der Waals surface area contributed by atoms with Crippen LogP contribution in [0.1, 0.15) is 5.56 Å². The smallest absolute Gasteiger partial charge is 0.127 e. The summed E-state index contributed by atoms with van der Waals surface area (Å²) in [7, 11) is 1.70. The molecule has 0 saturated heterocycles. The number of methoxy groups -OCH3 is 1. The number of aliphatic hydroxyl groups excluding tert-OH is 1. The van der Waals surface area contributed by atoms with Gasteiger partial charge in [0.2, 0.25) is 0 Å². The number of fused-ring (bicyclic) bond motifs is 2. The largest absolute Gasteiger partial charge is 0.496 e. The highest BCUT2D eigenvalue weighted by Gasteiger charge is 2.15. The van der Waals surface area contributed by atoms with Gasteiger partial charge in [-0.25, -0.2) is 0 Å². The molecule has 0 aromatic heterocycles. The van der Waals surface area contributed by atoms with E-state index in [9.17, 15) is 5.11 Å². The Bertz CT molecular complexity index is 1030. The predicted molar refractivity (Wildman–Crippen MR) is 99.4 cm³/mol. The maximum Gasteiger partial charge on any atom is 0.127 e. The van der Waals surface area contributed by atoms with Gasteiger partial charge in [0, 0.05) is 5.56 Å². The zero-order valence-electron chi connectivity index (χ0n) is 13.5. The Hall–Kier alpha value is -2.84. The van der Waals surface area contributed by atoms with Crippen molar-refractivity contribution >= 4 is 21.5 Å². The molecule has 0 heterocycles. The van der Waals surface area contributed by atoms with E-state index in [1.165, 1.54) is 5.39 Å². The molecular formula is C22H18O2. The third kappa shape index (κ3) is 2.24. The lowest BCUT2D eigenvalue weighted by Crippen LogP contribution is -1.93. The van der Waals surface area contributed by atoms with E-state index in [-0.39, 0.29) is 6.61 Å². The summed E-state index contributed by atoms with van der Waals surface area (Å²) >= 11 is 0. The van der Waals surface area contributed by atoms with Crippen molar-refractivity contribution in [1.82, 2.24) is 0 Å². The molecule has 0 amide bonds. The van der Waals surface area contributed by atoms with Gasteiger partial charge in [-0.3, -0.25) is 0 Å². The maximum atomic E-state index is 9.82. The Morgan fingerprint density at radius 1 is 0.792 bits per heavy atom. The molecule has 4 rings (SSSR count). The summed E-state index contributed by atoms with van der Waals surface area (Å²) < 4.78 is 5.67. The fourth-order valence-electron chi connectivity index (χ4n) is 3.46. The van der Waals surface area contributed by atoms with Crippen LogP contribution in [0.5, 0.6) is 5.75 Å². The molecule has 0 bridgehead atoms. The number of hydrogen-bond donors (Lipinski definition) is 1. The van der Waals surface area contributed by atoms with Crippen LogP contribution >= 0.6 is 0 Å². The zero-order valence-corrected chi connectivity index (χ0v) is 13.5. The number of rotatable bonds is 3. The highest BCUT2D eigenvalue weighted by molar-refractivity contribution is 6.08. The molecule has 0 radical (unpaired) electrons. The Morgan fingerprint density at radius 3 is 2.33 bits per heavy atom. The molecule has 1 N–H and O–H groups in total. The van der Waals surface area contributed by atoms with Gasteiger partial charge in [-0.05, 0) is 38.7 Å². The molecule has 2 heteroatoms. The molecule has 0 unspecified atom stereocenters. The minimum absolute atomic E-state index is 0.0153. The summed E-state index contributed by atoms with van der Waals surface area (Å²) in [5.41, 5.74) is 3.09. The van der Waals surface area contributed by atoms with Gasteiger partial charge in [-0.15, -0.1) is 0 Å². The van der Waals surface area contributed by atoms with E-state index in [0.29, 0.717) is 0 Å². The second-order valence-electron chi connectivity index (χ2n) is 5.84. The van der Waals surface area contributed by atoms with E-state index in [1.54, 1.807) is 7.11 Å². The summed E-state index contributed by atoms with van der Waals surface area (Å²) in [6, 6.07) is 24.7. The van der Waals surface area contributed by atoms with E-state index in [0.717, 1.165) is 38.6 Å². The summed E-state index contributed by atoms with van der Waals surface area (Å²) in [6.45, 7) is 0.0153. The highest BCUT2D eigenvalue weighted by Crippen LogP contribution is 2.41. The Kier molecular flexibility index (Phi) is 3.68. The van der Waals surface area contributed by atoms with Gasteiger partial charge in [0.1, 0.15) is 5.75 Å². The Labute approximate surface area is 140 Å². The first kappa shape index (κ1) is 14.7. The van der Waals surface area contributed by atoms with Crippen molar-refractivity contribution < 1.29 is 9.84 Å². The zero-order chi connectivity index (χ0) is 16.5. The van der Waals surface area contributed by atoms with Crippen LogP contribution in [-0.2, 0) is 6.61 Å². The van der Waals surface area contributed by atoms with Gasteiger partial charge in [0.05, 0.1) is 13.7 Å². The van der Waals surface area contributed by atoms with Crippen LogP contribution in [0.2, 0.25) is 0 Å². The first-order valence-corrected chi connectivity index (χ1v) is 8.01. The summed E-state index contributed by atoms with van der Waals surface area (Å²) in [4.78, 5) is 0. The molecule has 4 aromatic rings. The lowest BCUT2D eigenvalue weighted by atomic mass is 9.91. The molecule has 0 aliphatic rings. The normalized spacial score (nSPS) is 11.1. The fraction of sp³-hybridized carbons (Fsp3) is 0.0909. The van der Waals surface area contributed by atoms with Gasteiger partial charge in [0.25, 0.3) is 0 Å². The van der Waals surface area contributed by atoms with Crippen LogP contribution in [-0.4, -0.2) is 12.2 Å². The molecule has 0 aliphatic carbocycles. The van der Waals surface area contributed by atoms with Crippen LogP contribution in [0.15, 0.2) is 72.8 Å². The van der Waals surface area contributed by atoms with Gasteiger partial charge >= 0.3 is 0 Å². The molecule has 0 fully saturated rings. The molecule has 0 saturated carbocycles. The van der Waals surface area contributed by atoms with Gasteiger partial charge in [-0.1, -0.05) is 66.7 Å². The van der Waals surface area contributed by atoms with Crippen molar-refractivity contribution in [3.05, 3.63) is 78.4 Å². The molecule has 0 atom stereocenters. The van der Waals surface area contributed by atoms with Crippen LogP contribution < -0.4 is 4.74 Å². The fourth-order valence-corrected chi connectivity index (χ4v) is 3.46. The first-order chi connectivity index (χ1) is 11.8. The third-order valence-electron chi connectivity index (χ3n) is 4.54. The van der Waals surface area contributed by atoms with Crippen LogP contribution in [0, 0.1) is 0 Å². The summed E-state index contributed by atoms with van der Waals surface area (Å²) in [6.07, 6.45) is 0. The monoisotopic (exact) mass is 314 g/mol. The van der Waals surface area contributed by atoms with Crippen molar-refractivity contribution in [1.29, 1.82) is 0 Å². The van der Waals surface area contributed by atoms with Crippen molar-refractivity contribution in [2.45, 2.75) is 6.61 Å². The topological polar surface area (TPSA) is 29.5 Å². The Morgan fingerprint density at radius 2 is 1.54 bits per heavy atom. The van der Waals surface area contributed by atoms with E-state index >= 15 is 0 Å². The predicted octanol–water partition coefficient (Wildman–Crippen LogP) is 5.16. The average Bonchev–Trinajstić information content (AvgIpc) is 2.66. The second kappa shape index (κ2) is 5.99. The molecule has 24 heavy (non-hydrogen) atoms. The number of hydrogen-bond acceptors (Lipinski definition) is 2. The number of aliphatic hydroxyl groups is 1. The van der Waals surface area contributed by atoms with Gasteiger partial charge in [0.15, 0.2) is 0 Å². The van der Waals surface area contributed by atoms with Crippen LogP contribution in [0.4, 0.5) is 0 Å². The standard InChI is InChI=1S/C22H18O2/c1-24-20-13-12-15-6-2-3-10-18(15)22(20)19-11-5-8-16-7-4-9-17(14-23)21(16)19/h2-13,23H,14H2,1H3. The SMILES string of the molecule is COc1ccc2ccccc2c1-c1cccc2cccc(CO)c12.